The Morgan fingerprint density at radius 2 is 1.92 bits per heavy atom. The van der Waals surface area contributed by atoms with Crippen molar-refractivity contribution in [3.8, 4) is 0 Å². The minimum Gasteiger partial charge on any atom is -0.481 e. The lowest BCUT2D eigenvalue weighted by Crippen LogP contribution is -2.70. The van der Waals surface area contributed by atoms with E-state index in [2.05, 4.69) is 13.0 Å². The summed E-state index contributed by atoms with van der Waals surface area (Å²) in [6, 6.07) is 0. The maximum absolute atomic E-state index is 12.1. The molecule has 0 amide bonds. The van der Waals surface area contributed by atoms with Crippen molar-refractivity contribution in [2.24, 2.45) is 16.7 Å². The van der Waals surface area contributed by atoms with Gasteiger partial charge in [-0.1, -0.05) is 13.3 Å². The van der Waals surface area contributed by atoms with Gasteiger partial charge in [-0.3, -0.25) is 4.79 Å². The van der Waals surface area contributed by atoms with Crippen LogP contribution in [0.15, 0.2) is 11.6 Å². The number of fused-ring (bicyclic) bond motifs is 3. The summed E-state index contributed by atoms with van der Waals surface area (Å²) in [5.74, 6) is -0.620. The molecule has 2 aliphatic heterocycles. The van der Waals surface area contributed by atoms with Gasteiger partial charge in [0.2, 0.25) is 0 Å². The van der Waals surface area contributed by atoms with Gasteiger partial charge in [0.05, 0.1) is 11.0 Å². The van der Waals surface area contributed by atoms with Crippen LogP contribution >= 0.6 is 0 Å². The molecule has 0 radical (unpaired) electrons. The lowest BCUT2D eigenvalue weighted by atomic mass is 9.43. The second-order valence-corrected chi connectivity index (χ2v) is 9.70. The molecule has 5 heteroatoms. The van der Waals surface area contributed by atoms with Crippen LogP contribution in [0.5, 0.6) is 0 Å². The van der Waals surface area contributed by atoms with Crippen LogP contribution < -0.4 is 0 Å². The predicted octanol–water partition coefficient (Wildman–Crippen LogP) is 3.61. The topological polar surface area (TPSA) is 76.0 Å². The van der Waals surface area contributed by atoms with Crippen molar-refractivity contribution in [1.82, 2.24) is 0 Å². The minimum atomic E-state index is -1.02. The lowest BCUT2D eigenvalue weighted by molar-refractivity contribution is -0.476. The molecule has 5 atom stereocenters. The maximum Gasteiger partial charge on any atom is 0.309 e. The first-order chi connectivity index (χ1) is 11.5. The molecule has 5 nitrogen and oxygen atoms in total. The number of aliphatic carboxylic acids is 1. The number of hydrogen-bond donors (Lipinski definition) is 2. The second kappa shape index (κ2) is 4.87. The van der Waals surface area contributed by atoms with Crippen molar-refractivity contribution in [2.45, 2.75) is 89.4 Å². The SMILES string of the molecule is CC(C)(O)[C@@]12C=C3CCC4[C@](C)(C(=O)O)CCC[C@]4(C)[C@]3(CC1)OO2. The molecule has 0 aromatic rings. The Balaban J connectivity index is 1.81. The van der Waals surface area contributed by atoms with Crippen LogP contribution in [-0.2, 0) is 14.6 Å². The Labute approximate surface area is 149 Å². The molecule has 140 valence electrons. The van der Waals surface area contributed by atoms with Crippen LogP contribution in [-0.4, -0.2) is 33.0 Å². The third-order valence-corrected chi connectivity index (χ3v) is 8.19. The first-order valence-corrected chi connectivity index (χ1v) is 9.56. The Bertz CT molecular complexity index is 637. The highest BCUT2D eigenvalue weighted by molar-refractivity contribution is 5.75. The molecule has 1 spiro atoms. The molecule has 3 fully saturated rings. The molecule has 5 rings (SSSR count). The summed E-state index contributed by atoms with van der Waals surface area (Å²) in [6.45, 7) is 7.65. The van der Waals surface area contributed by atoms with Crippen LogP contribution in [0.4, 0.5) is 0 Å². The summed E-state index contributed by atoms with van der Waals surface area (Å²) in [5.41, 5.74) is -2.11. The average molecular weight is 350 g/mol. The predicted molar refractivity (Wildman–Crippen MR) is 91.7 cm³/mol. The first kappa shape index (κ1) is 17.5. The maximum atomic E-state index is 12.1. The van der Waals surface area contributed by atoms with Crippen molar-refractivity contribution in [3.05, 3.63) is 11.6 Å². The molecule has 1 unspecified atom stereocenters. The molecule has 0 aromatic heterocycles. The average Bonchev–Trinajstić information content (AvgIpc) is 2.54. The van der Waals surface area contributed by atoms with Crippen LogP contribution in [0.3, 0.4) is 0 Å². The molecule has 5 aliphatic rings. The van der Waals surface area contributed by atoms with Gasteiger partial charge in [0, 0.05) is 5.41 Å². The Morgan fingerprint density at radius 1 is 1.20 bits per heavy atom. The monoisotopic (exact) mass is 350 g/mol. The van der Waals surface area contributed by atoms with E-state index >= 15 is 0 Å². The minimum absolute atomic E-state index is 0.0692. The number of hydrogen-bond acceptors (Lipinski definition) is 4. The summed E-state index contributed by atoms with van der Waals surface area (Å²) in [6.07, 6.45) is 7.85. The van der Waals surface area contributed by atoms with E-state index in [9.17, 15) is 15.0 Å². The Morgan fingerprint density at radius 3 is 2.48 bits per heavy atom. The van der Waals surface area contributed by atoms with Crippen molar-refractivity contribution < 1.29 is 24.8 Å². The first-order valence-electron chi connectivity index (χ1n) is 9.56. The van der Waals surface area contributed by atoms with E-state index in [1.165, 1.54) is 5.57 Å². The van der Waals surface area contributed by atoms with Crippen LogP contribution in [0.2, 0.25) is 0 Å². The summed E-state index contributed by atoms with van der Waals surface area (Å²) in [4.78, 5) is 24.1. The summed E-state index contributed by atoms with van der Waals surface area (Å²) < 4.78 is 0. The van der Waals surface area contributed by atoms with Gasteiger partial charge in [0.25, 0.3) is 0 Å². The third-order valence-electron chi connectivity index (χ3n) is 8.19. The Kier molecular flexibility index (Phi) is 3.41. The zero-order chi connectivity index (χ0) is 18.3. The van der Waals surface area contributed by atoms with Gasteiger partial charge in [-0.05, 0) is 76.9 Å². The molecule has 3 aliphatic carbocycles. The zero-order valence-corrected chi connectivity index (χ0v) is 15.7. The van der Waals surface area contributed by atoms with E-state index < -0.39 is 28.2 Å². The van der Waals surface area contributed by atoms with Gasteiger partial charge in [-0.15, -0.1) is 0 Å². The van der Waals surface area contributed by atoms with Crippen LogP contribution in [0.25, 0.3) is 0 Å². The zero-order valence-electron chi connectivity index (χ0n) is 15.7. The summed E-state index contributed by atoms with van der Waals surface area (Å²) >= 11 is 0. The van der Waals surface area contributed by atoms with Gasteiger partial charge in [-0.2, -0.15) is 0 Å². The van der Waals surface area contributed by atoms with E-state index in [4.69, 9.17) is 9.78 Å². The fourth-order valence-electron chi connectivity index (χ4n) is 6.46. The largest absolute Gasteiger partial charge is 0.481 e. The molecule has 2 saturated carbocycles. The molecule has 0 aromatic carbocycles. The number of rotatable bonds is 2. The summed E-state index contributed by atoms with van der Waals surface area (Å²) in [7, 11) is 0. The van der Waals surface area contributed by atoms with E-state index in [0.717, 1.165) is 38.5 Å². The fourth-order valence-corrected chi connectivity index (χ4v) is 6.46. The van der Waals surface area contributed by atoms with Crippen molar-refractivity contribution in [1.29, 1.82) is 0 Å². The summed E-state index contributed by atoms with van der Waals surface area (Å²) in [5, 5.41) is 20.6. The molecule has 2 bridgehead atoms. The van der Waals surface area contributed by atoms with Crippen molar-refractivity contribution >= 4 is 5.97 Å². The lowest BCUT2D eigenvalue weighted by Gasteiger charge is -2.66. The van der Waals surface area contributed by atoms with E-state index in [0.29, 0.717) is 6.42 Å². The molecular weight excluding hydrogens is 320 g/mol. The number of aliphatic hydroxyl groups is 1. The highest BCUT2D eigenvalue weighted by atomic mass is 17.2. The van der Waals surface area contributed by atoms with Crippen LogP contribution in [0, 0.1) is 16.7 Å². The van der Waals surface area contributed by atoms with Gasteiger partial charge < -0.3 is 10.2 Å². The third kappa shape index (κ3) is 1.92. The highest BCUT2D eigenvalue weighted by Gasteiger charge is 2.70. The van der Waals surface area contributed by atoms with Crippen LogP contribution in [0.1, 0.15) is 72.6 Å². The van der Waals surface area contributed by atoms with E-state index in [-0.39, 0.29) is 11.3 Å². The molecule has 2 N–H and O–H groups in total. The highest BCUT2D eigenvalue weighted by Crippen LogP contribution is 2.68. The van der Waals surface area contributed by atoms with E-state index in [1.807, 2.05) is 6.92 Å². The molecular formula is C20H30O5. The van der Waals surface area contributed by atoms with Gasteiger partial charge >= 0.3 is 5.97 Å². The van der Waals surface area contributed by atoms with E-state index in [1.54, 1.807) is 13.8 Å². The second-order valence-electron chi connectivity index (χ2n) is 9.70. The molecule has 2 heterocycles. The number of carboxylic acids is 1. The van der Waals surface area contributed by atoms with Crippen molar-refractivity contribution in [2.75, 3.05) is 0 Å². The Hall–Kier alpha value is -0.910. The molecule has 25 heavy (non-hydrogen) atoms. The number of carbonyl (C=O) groups is 1. The number of carboxylic acid groups (broad SMARTS) is 1. The fraction of sp³-hybridized carbons (Fsp3) is 0.850. The quantitative estimate of drug-likeness (QED) is 0.588. The van der Waals surface area contributed by atoms with Gasteiger partial charge in [0.1, 0.15) is 11.2 Å². The standard InChI is InChI=1S/C20H30O5/c1-16(2,23)19-10-11-20(25-24-19)13(12-19)6-7-14-17(3,15(21)22)8-5-9-18(14,20)4/h12,14,23H,5-11H2,1-4H3,(H,21,22)/t14?,17-,18+,19+,20-/m1/s1. The normalized spacial score (nSPS) is 49.2. The van der Waals surface area contributed by atoms with Gasteiger partial charge in [-0.25, -0.2) is 9.78 Å². The van der Waals surface area contributed by atoms with Gasteiger partial charge in [0.15, 0.2) is 0 Å². The smallest absolute Gasteiger partial charge is 0.309 e. The van der Waals surface area contributed by atoms with Crippen molar-refractivity contribution in [3.63, 3.8) is 0 Å². The molecule has 1 saturated heterocycles.